The van der Waals surface area contributed by atoms with Crippen LogP contribution in [-0.2, 0) is 6.42 Å². The van der Waals surface area contributed by atoms with Crippen LogP contribution in [0.15, 0.2) is 30.5 Å². The largest absolute Gasteiger partial charge is 0.481 e. The SMILES string of the molecule is COc1ccc(-c2cc(N)c(N)c(Cc3nc(C)sc3Cl)c2)cn1. The number of anilines is 2. The summed E-state index contributed by atoms with van der Waals surface area (Å²) in [6.45, 7) is 1.93. The summed E-state index contributed by atoms with van der Waals surface area (Å²) in [4.78, 5) is 8.69. The first kappa shape index (κ1) is 16.5. The number of nitrogens with zero attached hydrogens (tertiary/aromatic N) is 2. The van der Waals surface area contributed by atoms with Crippen molar-refractivity contribution in [2.75, 3.05) is 18.6 Å². The number of rotatable bonds is 4. The maximum absolute atomic E-state index is 6.24. The third kappa shape index (κ3) is 3.29. The van der Waals surface area contributed by atoms with Gasteiger partial charge in [0.25, 0.3) is 0 Å². The van der Waals surface area contributed by atoms with Crippen LogP contribution < -0.4 is 16.2 Å². The fourth-order valence-corrected chi connectivity index (χ4v) is 3.55. The zero-order chi connectivity index (χ0) is 17.3. The van der Waals surface area contributed by atoms with Gasteiger partial charge in [-0.15, -0.1) is 11.3 Å². The highest BCUT2D eigenvalue weighted by atomic mass is 35.5. The first-order chi connectivity index (χ1) is 11.5. The summed E-state index contributed by atoms with van der Waals surface area (Å²) < 4.78 is 5.77. The molecule has 2 heterocycles. The number of aryl methyl sites for hydroxylation is 1. The minimum Gasteiger partial charge on any atom is -0.481 e. The smallest absolute Gasteiger partial charge is 0.212 e. The van der Waals surface area contributed by atoms with Crippen LogP contribution in [0.25, 0.3) is 11.1 Å². The molecule has 3 rings (SSSR count). The van der Waals surface area contributed by atoms with Crippen molar-refractivity contribution < 1.29 is 4.74 Å². The van der Waals surface area contributed by atoms with Crippen molar-refractivity contribution in [3.8, 4) is 17.0 Å². The van der Waals surface area contributed by atoms with Crippen LogP contribution in [-0.4, -0.2) is 17.1 Å². The van der Waals surface area contributed by atoms with Crippen molar-refractivity contribution in [3.63, 3.8) is 0 Å². The lowest BCUT2D eigenvalue weighted by Crippen LogP contribution is -2.02. The predicted molar refractivity (Wildman–Crippen MR) is 99.7 cm³/mol. The van der Waals surface area contributed by atoms with Crippen molar-refractivity contribution in [1.82, 2.24) is 9.97 Å². The second-order valence-corrected chi connectivity index (χ2v) is 7.16. The van der Waals surface area contributed by atoms with Crippen LogP contribution >= 0.6 is 22.9 Å². The van der Waals surface area contributed by atoms with Crippen molar-refractivity contribution in [1.29, 1.82) is 0 Å². The van der Waals surface area contributed by atoms with Gasteiger partial charge in [0.15, 0.2) is 0 Å². The molecule has 0 saturated heterocycles. The lowest BCUT2D eigenvalue weighted by atomic mass is 9.99. The molecule has 0 atom stereocenters. The Hall–Kier alpha value is -2.31. The monoisotopic (exact) mass is 360 g/mol. The Morgan fingerprint density at radius 1 is 1.21 bits per heavy atom. The quantitative estimate of drug-likeness (QED) is 0.688. The fourth-order valence-electron chi connectivity index (χ4n) is 2.46. The third-order valence-electron chi connectivity index (χ3n) is 3.69. The average Bonchev–Trinajstić information content (AvgIpc) is 2.89. The molecule has 0 amide bonds. The van der Waals surface area contributed by atoms with Crippen molar-refractivity contribution >= 4 is 34.3 Å². The molecule has 0 spiro atoms. The van der Waals surface area contributed by atoms with E-state index in [0.29, 0.717) is 28.0 Å². The van der Waals surface area contributed by atoms with Crippen molar-refractivity contribution in [3.05, 3.63) is 51.1 Å². The highest BCUT2D eigenvalue weighted by Crippen LogP contribution is 2.33. The lowest BCUT2D eigenvalue weighted by molar-refractivity contribution is 0.398. The Kier molecular flexibility index (Phi) is 4.59. The van der Waals surface area contributed by atoms with Crippen LogP contribution in [0.2, 0.25) is 4.34 Å². The van der Waals surface area contributed by atoms with E-state index in [0.717, 1.165) is 27.4 Å². The zero-order valence-corrected chi connectivity index (χ0v) is 14.9. The Balaban J connectivity index is 2.00. The molecule has 0 aliphatic heterocycles. The number of hydrogen-bond donors (Lipinski definition) is 2. The molecule has 1 aromatic carbocycles. The van der Waals surface area contributed by atoms with E-state index in [1.165, 1.54) is 11.3 Å². The van der Waals surface area contributed by atoms with E-state index in [1.54, 1.807) is 13.3 Å². The second-order valence-electron chi connectivity index (χ2n) is 5.36. The second kappa shape index (κ2) is 6.67. The number of nitrogen functional groups attached to an aromatic ring is 2. The topological polar surface area (TPSA) is 87.0 Å². The van der Waals surface area contributed by atoms with Gasteiger partial charge in [0.2, 0.25) is 5.88 Å². The van der Waals surface area contributed by atoms with Gasteiger partial charge in [-0.3, -0.25) is 0 Å². The molecule has 7 heteroatoms. The first-order valence-electron chi connectivity index (χ1n) is 7.28. The number of thiazole rings is 1. The minimum absolute atomic E-state index is 0.529. The number of methoxy groups -OCH3 is 1. The van der Waals surface area contributed by atoms with Crippen molar-refractivity contribution in [2.45, 2.75) is 13.3 Å². The van der Waals surface area contributed by atoms with Crippen LogP contribution in [0, 0.1) is 6.92 Å². The molecule has 3 aromatic rings. The summed E-state index contributed by atoms with van der Waals surface area (Å²) >= 11 is 7.70. The molecule has 124 valence electrons. The highest BCUT2D eigenvalue weighted by Gasteiger charge is 2.13. The van der Waals surface area contributed by atoms with Gasteiger partial charge >= 0.3 is 0 Å². The summed E-state index contributed by atoms with van der Waals surface area (Å²) in [6.07, 6.45) is 2.28. The molecule has 0 unspecified atom stereocenters. The van der Waals surface area contributed by atoms with E-state index in [1.807, 2.05) is 31.2 Å². The average molecular weight is 361 g/mol. The molecule has 0 aliphatic rings. The number of hydrogen-bond acceptors (Lipinski definition) is 6. The lowest BCUT2D eigenvalue weighted by Gasteiger charge is -2.12. The van der Waals surface area contributed by atoms with E-state index in [4.69, 9.17) is 27.8 Å². The van der Waals surface area contributed by atoms with Gasteiger partial charge in [-0.2, -0.15) is 0 Å². The Bertz CT molecular complexity index is 877. The van der Waals surface area contributed by atoms with E-state index >= 15 is 0 Å². The third-order valence-corrected chi connectivity index (χ3v) is 4.94. The molecule has 0 bridgehead atoms. The van der Waals surface area contributed by atoms with Crippen molar-refractivity contribution in [2.24, 2.45) is 0 Å². The Morgan fingerprint density at radius 3 is 2.58 bits per heavy atom. The number of benzene rings is 1. The van der Waals surface area contributed by atoms with Crippen LogP contribution in [0.5, 0.6) is 5.88 Å². The maximum atomic E-state index is 6.24. The fraction of sp³-hybridized carbons (Fsp3) is 0.176. The van der Waals surface area contributed by atoms with Gasteiger partial charge in [-0.25, -0.2) is 9.97 Å². The molecular weight excluding hydrogens is 344 g/mol. The summed E-state index contributed by atoms with van der Waals surface area (Å²) in [5.74, 6) is 0.562. The first-order valence-corrected chi connectivity index (χ1v) is 8.47. The van der Waals surface area contributed by atoms with E-state index < -0.39 is 0 Å². The van der Waals surface area contributed by atoms with E-state index in [9.17, 15) is 0 Å². The molecule has 2 aromatic heterocycles. The molecule has 0 radical (unpaired) electrons. The zero-order valence-electron chi connectivity index (χ0n) is 13.3. The summed E-state index contributed by atoms with van der Waals surface area (Å²) in [6, 6.07) is 7.58. The Morgan fingerprint density at radius 2 is 2.00 bits per heavy atom. The predicted octanol–water partition coefficient (Wildman–Crippen LogP) is 3.93. The van der Waals surface area contributed by atoms with Crippen LogP contribution in [0.3, 0.4) is 0 Å². The summed E-state index contributed by atoms with van der Waals surface area (Å²) in [5.41, 5.74) is 16.9. The van der Waals surface area contributed by atoms with Gasteiger partial charge < -0.3 is 16.2 Å². The van der Waals surface area contributed by atoms with E-state index in [2.05, 4.69) is 9.97 Å². The summed E-state index contributed by atoms with van der Waals surface area (Å²) in [5, 5.41) is 0.928. The van der Waals surface area contributed by atoms with Gasteiger partial charge in [0.05, 0.1) is 29.2 Å². The number of ether oxygens (including phenoxy) is 1. The summed E-state index contributed by atoms with van der Waals surface area (Å²) in [7, 11) is 1.58. The highest BCUT2D eigenvalue weighted by molar-refractivity contribution is 7.15. The molecule has 0 fully saturated rings. The van der Waals surface area contributed by atoms with Gasteiger partial charge in [-0.1, -0.05) is 11.6 Å². The molecule has 4 N–H and O–H groups in total. The number of pyridine rings is 1. The molecule has 0 saturated carbocycles. The minimum atomic E-state index is 0.529. The maximum Gasteiger partial charge on any atom is 0.212 e. The Labute approximate surface area is 149 Å². The van der Waals surface area contributed by atoms with Gasteiger partial charge in [0, 0.05) is 24.2 Å². The van der Waals surface area contributed by atoms with Gasteiger partial charge in [0.1, 0.15) is 4.34 Å². The van der Waals surface area contributed by atoms with Crippen LogP contribution in [0.4, 0.5) is 11.4 Å². The van der Waals surface area contributed by atoms with Gasteiger partial charge in [-0.05, 0) is 36.2 Å². The number of halogens is 1. The molecule has 24 heavy (non-hydrogen) atoms. The normalized spacial score (nSPS) is 10.8. The van der Waals surface area contributed by atoms with Crippen LogP contribution in [0.1, 0.15) is 16.3 Å². The number of aromatic nitrogens is 2. The molecule has 5 nitrogen and oxygen atoms in total. The molecule has 0 aliphatic carbocycles. The molecular formula is C17H17ClN4OS. The number of nitrogens with two attached hydrogens (primary N) is 2. The van der Waals surface area contributed by atoms with E-state index in [-0.39, 0.29) is 0 Å². The standard InChI is InChI=1S/C17H17ClN4OS/c1-9-22-14(17(18)24-9)7-12-5-11(6-13(19)16(12)20)10-3-4-15(23-2)21-8-10/h3-6,8H,7,19-20H2,1-2H3.